The Morgan fingerprint density at radius 3 is 2.70 bits per heavy atom. The summed E-state index contributed by atoms with van der Waals surface area (Å²) in [4.78, 5) is 23.8. The molecule has 142 valence electrons. The number of aryl methyl sites for hydroxylation is 1. The van der Waals surface area contributed by atoms with Gasteiger partial charge in [-0.05, 0) is 35.6 Å². The molecule has 9 heteroatoms. The number of ether oxygens (including phenoxy) is 1. The quantitative estimate of drug-likeness (QED) is 0.354. The van der Waals surface area contributed by atoms with E-state index in [1.807, 2.05) is 6.92 Å². The van der Waals surface area contributed by atoms with Gasteiger partial charge < -0.3 is 9.15 Å². The molecule has 27 heavy (non-hydrogen) atoms. The third-order valence-corrected chi connectivity index (χ3v) is 7.10. The molecule has 0 bridgehead atoms. The van der Waals surface area contributed by atoms with E-state index < -0.39 is 28.2 Å². The topological polar surface area (TPSA) is 93.9 Å². The molecule has 1 aromatic carbocycles. The zero-order valence-electron chi connectivity index (χ0n) is 14.7. The minimum absolute atomic E-state index is 0.150. The average Bonchev–Trinajstić information content (AvgIpc) is 3.15. The fourth-order valence-corrected chi connectivity index (χ4v) is 4.88. The molecule has 0 N–H and O–H groups in total. The van der Waals surface area contributed by atoms with E-state index in [0.29, 0.717) is 12.0 Å². The van der Waals surface area contributed by atoms with Crippen molar-refractivity contribution in [1.82, 2.24) is 4.31 Å². The van der Waals surface area contributed by atoms with E-state index in [2.05, 4.69) is 0 Å². The van der Waals surface area contributed by atoms with Crippen molar-refractivity contribution >= 4 is 38.3 Å². The first kappa shape index (κ1) is 19.3. The number of likely N-dealkylation sites (N-methyl/N-ethyl adjacent to an activating group) is 1. The van der Waals surface area contributed by atoms with E-state index in [9.17, 15) is 18.0 Å². The summed E-state index contributed by atoms with van der Waals surface area (Å²) in [5.74, 6) is -0.572. The maximum atomic E-state index is 12.3. The Morgan fingerprint density at radius 2 is 2.04 bits per heavy atom. The van der Waals surface area contributed by atoms with Crippen LogP contribution in [-0.4, -0.2) is 32.3 Å². The molecule has 0 radical (unpaired) electrons. The second-order valence-electron chi connectivity index (χ2n) is 5.77. The normalized spacial score (nSPS) is 11.8. The number of sulfonamides is 1. The predicted molar refractivity (Wildman–Crippen MR) is 102 cm³/mol. The van der Waals surface area contributed by atoms with Crippen LogP contribution in [0.15, 0.2) is 55.2 Å². The molecule has 0 saturated heterocycles. The fraction of sp³-hybridized carbons (Fsp3) is 0.222. The first-order valence-electron chi connectivity index (χ1n) is 8.08. The molecule has 0 saturated carbocycles. The summed E-state index contributed by atoms with van der Waals surface area (Å²) in [6.07, 6.45) is 0.659. The van der Waals surface area contributed by atoms with Gasteiger partial charge in [-0.25, -0.2) is 13.2 Å². The molecule has 0 aliphatic carbocycles. The molecule has 2 aromatic heterocycles. The number of hydrogen-bond acceptors (Lipinski definition) is 7. The molecular weight excluding hydrogens is 390 g/mol. The van der Waals surface area contributed by atoms with Crippen molar-refractivity contribution in [1.29, 1.82) is 0 Å². The van der Waals surface area contributed by atoms with Crippen LogP contribution in [-0.2, 0) is 21.2 Å². The molecule has 0 aliphatic heterocycles. The highest BCUT2D eigenvalue weighted by Gasteiger charge is 2.24. The minimum atomic E-state index is -3.74. The van der Waals surface area contributed by atoms with Crippen molar-refractivity contribution in [2.45, 2.75) is 17.6 Å². The summed E-state index contributed by atoms with van der Waals surface area (Å²) in [5.41, 5.74) is 0.662. The number of thiophene rings is 1. The van der Waals surface area contributed by atoms with Gasteiger partial charge in [-0.1, -0.05) is 13.0 Å². The molecular formula is C18H17NO6S2. The first-order valence-corrected chi connectivity index (χ1v) is 10.4. The average molecular weight is 407 g/mol. The number of nitrogens with zero attached hydrogens (tertiary/aromatic N) is 1. The summed E-state index contributed by atoms with van der Waals surface area (Å²) in [7, 11) is -2.43. The Balaban J connectivity index is 1.77. The monoisotopic (exact) mass is 407 g/mol. The number of benzene rings is 1. The van der Waals surface area contributed by atoms with Crippen molar-refractivity contribution in [3.05, 3.63) is 57.8 Å². The van der Waals surface area contributed by atoms with Gasteiger partial charge in [0.1, 0.15) is 22.1 Å². The largest absolute Gasteiger partial charge is 0.425 e. The van der Waals surface area contributed by atoms with E-state index >= 15 is 0 Å². The number of rotatable bonds is 6. The third-order valence-electron chi connectivity index (χ3n) is 3.93. The van der Waals surface area contributed by atoms with Crippen LogP contribution in [0.2, 0.25) is 0 Å². The minimum Gasteiger partial charge on any atom is -0.425 e. The van der Waals surface area contributed by atoms with Crippen molar-refractivity contribution in [3.63, 3.8) is 0 Å². The Labute approximate surface area is 159 Å². The number of carbonyl (C=O) groups is 1. The van der Waals surface area contributed by atoms with Crippen molar-refractivity contribution in [2.24, 2.45) is 0 Å². The van der Waals surface area contributed by atoms with E-state index in [4.69, 9.17) is 9.15 Å². The zero-order chi connectivity index (χ0) is 19.6. The molecule has 7 nitrogen and oxygen atoms in total. The van der Waals surface area contributed by atoms with Gasteiger partial charge >= 0.3 is 11.6 Å². The number of hydrogen-bond donors (Lipinski definition) is 0. The highest BCUT2D eigenvalue weighted by atomic mass is 32.2. The van der Waals surface area contributed by atoms with Crippen LogP contribution in [0, 0.1) is 0 Å². The van der Waals surface area contributed by atoms with Gasteiger partial charge in [0.25, 0.3) is 10.0 Å². The molecule has 0 amide bonds. The fourth-order valence-electron chi connectivity index (χ4n) is 2.56. The van der Waals surface area contributed by atoms with Crippen LogP contribution in [0.4, 0.5) is 0 Å². The number of carbonyl (C=O) groups excluding carboxylic acids is 1. The summed E-state index contributed by atoms with van der Waals surface area (Å²) >= 11 is 1.07. The Hall–Kier alpha value is -2.49. The molecule has 0 spiro atoms. The lowest BCUT2D eigenvalue weighted by molar-refractivity contribution is -0.134. The number of fused-ring (bicyclic) bond motifs is 1. The van der Waals surface area contributed by atoms with E-state index in [1.165, 1.54) is 25.2 Å². The highest BCUT2D eigenvalue weighted by Crippen LogP contribution is 2.24. The summed E-state index contributed by atoms with van der Waals surface area (Å²) < 4.78 is 36.1. The smallest absolute Gasteiger partial charge is 0.336 e. The molecule has 3 rings (SSSR count). The summed E-state index contributed by atoms with van der Waals surface area (Å²) in [6, 6.07) is 9.24. The van der Waals surface area contributed by atoms with E-state index in [-0.39, 0.29) is 9.96 Å². The molecule has 0 aliphatic rings. The van der Waals surface area contributed by atoms with Gasteiger partial charge in [-0.15, -0.1) is 11.3 Å². The van der Waals surface area contributed by atoms with Crippen LogP contribution in [0.1, 0.15) is 12.5 Å². The van der Waals surface area contributed by atoms with Crippen LogP contribution in [0.25, 0.3) is 11.0 Å². The molecule has 3 aromatic rings. The second kappa shape index (κ2) is 7.63. The van der Waals surface area contributed by atoms with Gasteiger partial charge in [0.15, 0.2) is 0 Å². The molecule has 0 fully saturated rings. The lowest BCUT2D eigenvalue weighted by Crippen LogP contribution is -2.33. The van der Waals surface area contributed by atoms with Gasteiger partial charge in [-0.3, -0.25) is 4.79 Å². The van der Waals surface area contributed by atoms with Crippen LogP contribution >= 0.6 is 11.3 Å². The molecule has 0 unspecified atom stereocenters. The Kier molecular flexibility index (Phi) is 5.45. The maximum absolute atomic E-state index is 12.3. The zero-order valence-corrected chi connectivity index (χ0v) is 16.3. The molecule has 0 atom stereocenters. The van der Waals surface area contributed by atoms with Crippen LogP contribution < -0.4 is 10.4 Å². The first-order chi connectivity index (χ1) is 12.8. The Bertz CT molecular complexity index is 1130. The maximum Gasteiger partial charge on any atom is 0.336 e. The molecule has 2 heterocycles. The summed E-state index contributed by atoms with van der Waals surface area (Å²) in [6.45, 7) is 1.48. The predicted octanol–water partition coefficient (Wildman–Crippen LogP) is 2.64. The van der Waals surface area contributed by atoms with Gasteiger partial charge in [0, 0.05) is 24.6 Å². The SMILES string of the molecule is CCc1cc(=O)oc2cc(OC(=O)CN(C)S(=O)(=O)c3cccs3)ccc12. The van der Waals surface area contributed by atoms with E-state index in [1.54, 1.807) is 23.6 Å². The summed E-state index contributed by atoms with van der Waals surface area (Å²) in [5, 5.41) is 2.40. The van der Waals surface area contributed by atoms with Crippen LogP contribution in [0.5, 0.6) is 5.75 Å². The highest BCUT2D eigenvalue weighted by molar-refractivity contribution is 7.91. The van der Waals surface area contributed by atoms with Crippen molar-refractivity contribution in [2.75, 3.05) is 13.6 Å². The second-order valence-corrected chi connectivity index (χ2v) is 8.99. The van der Waals surface area contributed by atoms with Crippen molar-refractivity contribution < 1.29 is 22.4 Å². The van der Waals surface area contributed by atoms with E-state index in [0.717, 1.165) is 26.6 Å². The standard InChI is InChI=1S/C18H17NO6S2/c1-3-12-9-16(20)25-15-10-13(6-7-14(12)15)24-17(21)11-19(2)27(22,23)18-5-4-8-26-18/h4-10H,3,11H2,1-2H3. The van der Waals surface area contributed by atoms with Gasteiger partial charge in [0.2, 0.25) is 0 Å². The Morgan fingerprint density at radius 1 is 1.26 bits per heavy atom. The van der Waals surface area contributed by atoms with Gasteiger partial charge in [0.05, 0.1) is 0 Å². The lowest BCUT2D eigenvalue weighted by atomic mass is 10.1. The van der Waals surface area contributed by atoms with Crippen LogP contribution in [0.3, 0.4) is 0 Å². The lowest BCUT2D eigenvalue weighted by Gasteiger charge is -2.15. The van der Waals surface area contributed by atoms with Gasteiger partial charge in [-0.2, -0.15) is 4.31 Å². The number of esters is 1. The van der Waals surface area contributed by atoms with Crippen molar-refractivity contribution in [3.8, 4) is 5.75 Å². The third kappa shape index (κ3) is 4.10.